The topological polar surface area (TPSA) is 62.2 Å². The molecule has 1 saturated carbocycles. The van der Waals surface area contributed by atoms with Gasteiger partial charge in [-0.15, -0.1) is 0 Å². The van der Waals surface area contributed by atoms with Gasteiger partial charge < -0.3 is 15.5 Å². The van der Waals surface area contributed by atoms with Crippen LogP contribution in [0.2, 0.25) is 0 Å². The number of halogens is 1. The van der Waals surface area contributed by atoms with Crippen LogP contribution in [0.3, 0.4) is 0 Å². The van der Waals surface area contributed by atoms with Gasteiger partial charge in [-0.2, -0.15) is 9.49 Å². The van der Waals surface area contributed by atoms with Crippen LogP contribution >= 0.6 is 0 Å². The summed E-state index contributed by atoms with van der Waals surface area (Å²) >= 11 is 0. The Morgan fingerprint density at radius 3 is 2.42 bits per heavy atom. The SMILES string of the molecule is CCNc1cccc(C(=O)NCc2c(C)nn(C)c2F)c1C.CN(C)C1CCCCC1. The summed E-state index contributed by atoms with van der Waals surface area (Å²) < 4.78 is 15.0. The number of aromatic nitrogens is 2. The molecular formula is C24H38FN5O. The zero-order chi connectivity index (χ0) is 23.0. The number of benzene rings is 1. The Balaban J connectivity index is 0.000000316. The second kappa shape index (κ2) is 11.8. The van der Waals surface area contributed by atoms with Crippen LogP contribution in [0, 0.1) is 19.8 Å². The lowest BCUT2D eigenvalue weighted by atomic mass is 9.95. The van der Waals surface area contributed by atoms with E-state index in [9.17, 15) is 9.18 Å². The van der Waals surface area contributed by atoms with Crippen LogP contribution in [0.15, 0.2) is 18.2 Å². The van der Waals surface area contributed by atoms with Gasteiger partial charge in [-0.05, 0) is 65.4 Å². The standard InChI is InChI=1S/C16H21FN4O.C8H17N/c1-5-18-14-8-6-7-12(10(14)2)16(22)19-9-13-11(3)20-21(4)15(13)17;1-9(2)8-6-4-3-5-7-8/h6-8,18H,5,9H2,1-4H3,(H,19,22);8H,3-7H2,1-2H3. The molecule has 0 atom stereocenters. The monoisotopic (exact) mass is 431 g/mol. The van der Waals surface area contributed by atoms with E-state index in [4.69, 9.17) is 0 Å². The molecular weight excluding hydrogens is 393 g/mol. The molecule has 0 radical (unpaired) electrons. The lowest BCUT2D eigenvalue weighted by Gasteiger charge is -2.27. The number of nitrogens with zero attached hydrogens (tertiary/aromatic N) is 3. The van der Waals surface area contributed by atoms with Crippen LogP contribution in [0.5, 0.6) is 0 Å². The number of nitrogens with one attached hydrogen (secondary N) is 2. The van der Waals surface area contributed by atoms with Crippen LogP contribution in [-0.2, 0) is 13.6 Å². The number of amides is 1. The van der Waals surface area contributed by atoms with Crippen molar-refractivity contribution in [3.05, 3.63) is 46.5 Å². The first-order valence-corrected chi connectivity index (χ1v) is 11.2. The van der Waals surface area contributed by atoms with Gasteiger partial charge in [-0.25, -0.2) is 4.68 Å². The van der Waals surface area contributed by atoms with Gasteiger partial charge in [-0.3, -0.25) is 4.79 Å². The molecule has 1 aromatic heterocycles. The third-order valence-electron chi connectivity index (χ3n) is 5.95. The van der Waals surface area contributed by atoms with Crippen molar-refractivity contribution in [2.45, 2.75) is 65.5 Å². The molecule has 0 unspecified atom stereocenters. The number of hydrogen-bond acceptors (Lipinski definition) is 4. The zero-order valence-corrected chi connectivity index (χ0v) is 19.9. The van der Waals surface area contributed by atoms with Crippen molar-refractivity contribution in [2.75, 3.05) is 26.0 Å². The Labute approximate surface area is 186 Å². The lowest BCUT2D eigenvalue weighted by Crippen LogP contribution is -2.29. The molecule has 1 amide bonds. The van der Waals surface area contributed by atoms with Gasteiger partial charge in [0.2, 0.25) is 5.95 Å². The first kappa shape index (κ1) is 24.9. The van der Waals surface area contributed by atoms with Crippen LogP contribution < -0.4 is 10.6 Å². The fourth-order valence-corrected chi connectivity index (χ4v) is 4.00. The van der Waals surface area contributed by atoms with Gasteiger partial charge in [0.15, 0.2) is 0 Å². The predicted molar refractivity (Wildman–Crippen MR) is 125 cm³/mol. The maximum absolute atomic E-state index is 13.9. The van der Waals surface area contributed by atoms with Gasteiger partial charge in [0, 0.05) is 43.0 Å². The van der Waals surface area contributed by atoms with Crippen LogP contribution in [0.4, 0.5) is 10.1 Å². The number of aryl methyl sites for hydroxylation is 2. The van der Waals surface area contributed by atoms with E-state index in [1.807, 2.05) is 26.0 Å². The first-order valence-electron chi connectivity index (χ1n) is 11.2. The molecule has 1 aliphatic carbocycles. The summed E-state index contributed by atoms with van der Waals surface area (Å²) in [5.74, 6) is -0.643. The summed E-state index contributed by atoms with van der Waals surface area (Å²) in [7, 11) is 5.92. The highest BCUT2D eigenvalue weighted by atomic mass is 19.1. The van der Waals surface area contributed by atoms with Gasteiger partial charge in [0.1, 0.15) is 0 Å². The molecule has 1 aliphatic rings. The number of carbonyl (C=O) groups excluding carboxylic acids is 1. The Hall–Kier alpha value is -2.41. The smallest absolute Gasteiger partial charge is 0.251 e. The summed E-state index contributed by atoms with van der Waals surface area (Å²) in [6.45, 7) is 6.52. The molecule has 2 aromatic rings. The predicted octanol–water partition coefficient (Wildman–Crippen LogP) is 4.42. The van der Waals surface area contributed by atoms with E-state index in [0.29, 0.717) is 16.8 Å². The largest absolute Gasteiger partial charge is 0.385 e. The van der Waals surface area contributed by atoms with Gasteiger partial charge in [0.05, 0.1) is 5.69 Å². The summed E-state index contributed by atoms with van der Waals surface area (Å²) in [5.41, 5.74) is 3.39. The van der Waals surface area contributed by atoms with Crippen molar-refractivity contribution in [3.63, 3.8) is 0 Å². The summed E-state index contributed by atoms with van der Waals surface area (Å²) in [5, 5.41) is 9.97. The fraction of sp³-hybridized carbons (Fsp3) is 0.583. The zero-order valence-electron chi connectivity index (χ0n) is 19.9. The molecule has 172 valence electrons. The molecule has 0 aliphatic heterocycles. The second-order valence-electron chi connectivity index (χ2n) is 8.42. The molecule has 2 N–H and O–H groups in total. The molecule has 7 heteroatoms. The summed E-state index contributed by atoms with van der Waals surface area (Å²) in [6, 6.07) is 6.41. The quantitative estimate of drug-likeness (QED) is 0.711. The van der Waals surface area contributed by atoms with Gasteiger partial charge in [-0.1, -0.05) is 25.3 Å². The van der Waals surface area contributed by atoms with Gasteiger partial charge in [0.25, 0.3) is 5.91 Å². The minimum atomic E-state index is -0.420. The lowest BCUT2D eigenvalue weighted by molar-refractivity contribution is 0.0950. The third-order valence-corrected chi connectivity index (χ3v) is 5.95. The van der Waals surface area contributed by atoms with Crippen molar-refractivity contribution in [3.8, 4) is 0 Å². The average molecular weight is 432 g/mol. The summed E-state index contributed by atoms with van der Waals surface area (Å²) in [6.07, 6.45) is 7.20. The number of hydrogen-bond donors (Lipinski definition) is 2. The highest BCUT2D eigenvalue weighted by molar-refractivity contribution is 5.97. The van der Waals surface area contributed by atoms with E-state index >= 15 is 0 Å². The second-order valence-corrected chi connectivity index (χ2v) is 8.42. The Morgan fingerprint density at radius 2 is 1.90 bits per heavy atom. The molecule has 0 bridgehead atoms. The van der Waals surface area contributed by atoms with Crippen molar-refractivity contribution in [1.29, 1.82) is 0 Å². The minimum Gasteiger partial charge on any atom is -0.385 e. The molecule has 0 saturated heterocycles. The van der Waals surface area contributed by atoms with Crippen molar-refractivity contribution in [2.24, 2.45) is 7.05 Å². The van der Waals surface area contributed by atoms with E-state index in [-0.39, 0.29) is 12.5 Å². The van der Waals surface area contributed by atoms with E-state index in [2.05, 4.69) is 34.7 Å². The third kappa shape index (κ3) is 6.79. The Bertz CT molecular complexity index is 856. The van der Waals surface area contributed by atoms with E-state index in [1.54, 1.807) is 13.0 Å². The van der Waals surface area contributed by atoms with Crippen molar-refractivity contribution in [1.82, 2.24) is 20.0 Å². The van der Waals surface area contributed by atoms with Crippen molar-refractivity contribution < 1.29 is 9.18 Å². The summed E-state index contributed by atoms with van der Waals surface area (Å²) in [4.78, 5) is 14.7. The van der Waals surface area contributed by atoms with Crippen LogP contribution in [0.1, 0.15) is 66.2 Å². The van der Waals surface area contributed by atoms with E-state index in [1.165, 1.54) is 43.8 Å². The highest BCUT2D eigenvalue weighted by Gasteiger charge is 2.16. The maximum Gasteiger partial charge on any atom is 0.251 e. The Morgan fingerprint density at radius 1 is 1.23 bits per heavy atom. The first-order chi connectivity index (χ1) is 14.8. The Kier molecular flexibility index (Phi) is 9.49. The van der Waals surface area contributed by atoms with Crippen LogP contribution in [0.25, 0.3) is 0 Å². The van der Waals surface area contributed by atoms with Crippen LogP contribution in [-0.4, -0.2) is 47.3 Å². The molecule has 1 aromatic carbocycles. The van der Waals surface area contributed by atoms with Crippen molar-refractivity contribution >= 4 is 11.6 Å². The van der Waals surface area contributed by atoms with Gasteiger partial charge >= 0.3 is 0 Å². The number of carbonyl (C=O) groups is 1. The van der Waals surface area contributed by atoms with E-state index in [0.717, 1.165) is 23.8 Å². The molecule has 1 heterocycles. The fourth-order valence-electron chi connectivity index (χ4n) is 4.00. The van der Waals surface area contributed by atoms with E-state index < -0.39 is 5.95 Å². The number of rotatable bonds is 6. The molecule has 1 fully saturated rings. The minimum absolute atomic E-state index is 0.120. The number of anilines is 1. The average Bonchev–Trinajstić information content (AvgIpc) is 3.00. The normalized spacial score (nSPS) is 14.2. The molecule has 6 nitrogen and oxygen atoms in total. The molecule has 3 rings (SSSR count). The maximum atomic E-state index is 13.9. The molecule has 31 heavy (non-hydrogen) atoms. The molecule has 0 spiro atoms. The highest BCUT2D eigenvalue weighted by Crippen LogP contribution is 2.20.